The van der Waals surface area contributed by atoms with E-state index in [0.29, 0.717) is 5.56 Å². The first-order valence-corrected chi connectivity index (χ1v) is 7.38. The summed E-state index contributed by atoms with van der Waals surface area (Å²) in [6, 6.07) is 13.0. The van der Waals surface area contributed by atoms with Gasteiger partial charge in [0, 0.05) is 10.6 Å². The molecule has 0 heterocycles. The maximum atomic E-state index is 12.1. The van der Waals surface area contributed by atoms with Gasteiger partial charge in [-0.3, -0.25) is 4.79 Å². The number of Topliss-reactive ketones (excluding diaryl/α,β-unsaturated/α-hetero) is 1. The van der Waals surface area contributed by atoms with Crippen LogP contribution in [0.3, 0.4) is 0 Å². The molecule has 0 saturated carbocycles. The highest BCUT2D eigenvalue weighted by atomic mass is 35.5. The van der Waals surface area contributed by atoms with Crippen molar-refractivity contribution in [2.75, 3.05) is 6.61 Å². The molecule has 0 N–H and O–H groups in total. The average Bonchev–Trinajstić information content (AvgIpc) is 2.48. The van der Waals surface area contributed by atoms with Crippen LogP contribution in [0.2, 0.25) is 5.02 Å². The molecule has 21 heavy (non-hydrogen) atoms. The number of benzene rings is 2. The molecule has 0 fully saturated rings. The number of carbonyl (C=O) groups is 1. The summed E-state index contributed by atoms with van der Waals surface area (Å²) in [5, 5.41) is 0.723. The number of ketones is 1. The molecule has 0 radical (unpaired) electrons. The fraction of sp³-hybridized carbons (Fsp3) is 0.278. The van der Waals surface area contributed by atoms with E-state index in [1.54, 1.807) is 12.1 Å². The molecule has 2 nitrogen and oxygen atoms in total. The largest absolute Gasteiger partial charge is 0.485 e. The van der Waals surface area contributed by atoms with Crippen molar-refractivity contribution in [3.05, 3.63) is 64.2 Å². The Morgan fingerprint density at radius 1 is 1.19 bits per heavy atom. The molecule has 0 aliphatic heterocycles. The zero-order chi connectivity index (χ0) is 15.4. The Kier molecular flexibility index (Phi) is 5.03. The maximum Gasteiger partial charge on any atom is 0.200 e. The highest BCUT2D eigenvalue weighted by Gasteiger charge is 2.13. The van der Waals surface area contributed by atoms with Crippen LogP contribution < -0.4 is 4.74 Å². The minimum Gasteiger partial charge on any atom is -0.485 e. The molecule has 0 unspecified atom stereocenters. The number of carbonyl (C=O) groups excluding carboxylic acids is 1. The molecule has 0 aliphatic carbocycles. The molecule has 3 heteroatoms. The lowest BCUT2D eigenvalue weighted by atomic mass is 10.0. The Balaban J connectivity index is 2.16. The van der Waals surface area contributed by atoms with Crippen molar-refractivity contribution in [1.82, 2.24) is 0 Å². The van der Waals surface area contributed by atoms with Crippen LogP contribution in [-0.4, -0.2) is 12.4 Å². The summed E-state index contributed by atoms with van der Waals surface area (Å²) in [5.74, 6) is 0.985. The second-order valence-corrected chi connectivity index (χ2v) is 5.78. The fourth-order valence-corrected chi connectivity index (χ4v) is 2.27. The van der Waals surface area contributed by atoms with E-state index in [0.717, 1.165) is 21.9 Å². The topological polar surface area (TPSA) is 26.3 Å². The van der Waals surface area contributed by atoms with Crippen molar-refractivity contribution in [3.63, 3.8) is 0 Å². The molecule has 2 rings (SSSR count). The summed E-state index contributed by atoms with van der Waals surface area (Å²) in [6.07, 6.45) is 0. The smallest absolute Gasteiger partial charge is 0.200 e. The number of rotatable bonds is 5. The molecule has 0 amide bonds. The predicted octanol–water partition coefficient (Wildman–Crippen LogP) is 5.03. The van der Waals surface area contributed by atoms with Crippen LogP contribution in [0.15, 0.2) is 42.5 Å². The third-order valence-electron chi connectivity index (χ3n) is 3.37. The van der Waals surface area contributed by atoms with Gasteiger partial charge in [-0.2, -0.15) is 0 Å². The molecule has 0 bridgehead atoms. The number of hydrogen-bond donors (Lipinski definition) is 0. The van der Waals surface area contributed by atoms with Crippen LogP contribution in [0.5, 0.6) is 5.75 Å². The van der Waals surface area contributed by atoms with Gasteiger partial charge >= 0.3 is 0 Å². The van der Waals surface area contributed by atoms with Crippen LogP contribution in [0, 0.1) is 6.92 Å². The van der Waals surface area contributed by atoms with Crippen LogP contribution >= 0.6 is 11.6 Å². The van der Waals surface area contributed by atoms with Crippen molar-refractivity contribution >= 4 is 17.4 Å². The molecular weight excluding hydrogens is 284 g/mol. The molecule has 110 valence electrons. The van der Waals surface area contributed by atoms with E-state index in [2.05, 4.69) is 13.8 Å². The monoisotopic (exact) mass is 302 g/mol. The number of halogens is 1. The van der Waals surface area contributed by atoms with Gasteiger partial charge in [0.15, 0.2) is 12.4 Å². The zero-order valence-electron chi connectivity index (χ0n) is 12.5. The van der Waals surface area contributed by atoms with E-state index in [9.17, 15) is 4.79 Å². The third kappa shape index (κ3) is 3.85. The lowest BCUT2D eigenvalue weighted by Crippen LogP contribution is -2.12. The summed E-state index contributed by atoms with van der Waals surface area (Å²) >= 11 is 6.17. The Labute approximate surface area is 130 Å². The number of aryl methyl sites for hydroxylation is 1. The van der Waals surface area contributed by atoms with Gasteiger partial charge in [0.1, 0.15) is 5.75 Å². The van der Waals surface area contributed by atoms with Gasteiger partial charge in [0.2, 0.25) is 0 Å². The van der Waals surface area contributed by atoms with Crippen LogP contribution in [-0.2, 0) is 0 Å². The molecule has 0 spiro atoms. The van der Waals surface area contributed by atoms with Crippen molar-refractivity contribution < 1.29 is 9.53 Å². The molecule has 0 aliphatic rings. The van der Waals surface area contributed by atoms with Crippen LogP contribution in [0.1, 0.15) is 41.3 Å². The summed E-state index contributed by atoms with van der Waals surface area (Å²) in [6.45, 7) is 6.11. The summed E-state index contributed by atoms with van der Waals surface area (Å²) in [5.41, 5.74) is 2.63. The maximum absolute atomic E-state index is 12.1. The van der Waals surface area contributed by atoms with Crippen molar-refractivity contribution in [2.45, 2.75) is 26.7 Å². The quantitative estimate of drug-likeness (QED) is 0.724. The summed E-state index contributed by atoms with van der Waals surface area (Å²) < 4.78 is 5.74. The zero-order valence-corrected chi connectivity index (χ0v) is 13.3. The highest BCUT2D eigenvalue weighted by molar-refractivity contribution is 6.31. The lowest BCUT2D eigenvalue weighted by molar-refractivity contribution is 0.0920. The Bertz CT molecular complexity index is 633. The van der Waals surface area contributed by atoms with Crippen molar-refractivity contribution in [2.24, 2.45) is 0 Å². The standard InChI is InChI=1S/C18H19ClO2/c1-12(2)15-10-16(19)13(3)9-18(15)21-11-17(20)14-7-5-4-6-8-14/h4-10,12H,11H2,1-3H3. The Morgan fingerprint density at radius 3 is 2.48 bits per heavy atom. The minimum absolute atomic E-state index is 0.0297. The Morgan fingerprint density at radius 2 is 1.86 bits per heavy atom. The first-order valence-electron chi connectivity index (χ1n) is 7.00. The van der Waals surface area contributed by atoms with E-state index in [1.165, 1.54) is 0 Å². The molecule has 2 aromatic carbocycles. The first kappa shape index (κ1) is 15.6. The van der Waals surface area contributed by atoms with Gasteiger partial charge in [-0.05, 0) is 36.1 Å². The van der Waals surface area contributed by atoms with E-state index in [-0.39, 0.29) is 18.3 Å². The van der Waals surface area contributed by atoms with Gasteiger partial charge < -0.3 is 4.74 Å². The van der Waals surface area contributed by atoms with Gasteiger partial charge in [-0.15, -0.1) is 0 Å². The van der Waals surface area contributed by atoms with Crippen LogP contribution in [0.4, 0.5) is 0 Å². The normalized spacial score (nSPS) is 10.7. The minimum atomic E-state index is -0.0297. The average molecular weight is 303 g/mol. The fourth-order valence-electron chi connectivity index (χ4n) is 2.10. The SMILES string of the molecule is Cc1cc(OCC(=O)c2ccccc2)c(C(C)C)cc1Cl. The van der Waals surface area contributed by atoms with Crippen molar-refractivity contribution in [1.29, 1.82) is 0 Å². The van der Waals surface area contributed by atoms with Gasteiger partial charge in [-0.1, -0.05) is 55.8 Å². The highest BCUT2D eigenvalue weighted by Crippen LogP contribution is 2.32. The lowest BCUT2D eigenvalue weighted by Gasteiger charge is -2.15. The summed E-state index contributed by atoms with van der Waals surface area (Å²) in [7, 11) is 0. The molecule has 2 aromatic rings. The van der Waals surface area contributed by atoms with Crippen LogP contribution in [0.25, 0.3) is 0 Å². The van der Waals surface area contributed by atoms with Gasteiger partial charge in [-0.25, -0.2) is 0 Å². The van der Waals surface area contributed by atoms with E-state index in [1.807, 2.05) is 37.3 Å². The number of ether oxygens (including phenoxy) is 1. The van der Waals surface area contributed by atoms with Crippen molar-refractivity contribution in [3.8, 4) is 5.75 Å². The first-order chi connectivity index (χ1) is 9.99. The Hall–Kier alpha value is -1.80. The second-order valence-electron chi connectivity index (χ2n) is 5.37. The molecule has 0 saturated heterocycles. The summed E-state index contributed by atoms with van der Waals surface area (Å²) in [4.78, 5) is 12.1. The third-order valence-corrected chi connectivity index (χ3v) is 3.77. The van der Waals surface area contributed by atoms with Gasteiger partial charge in [0.05, 0.1) is 0 Å². The van der Waals surface area contributed by atoms with Gasteiger partial charge in [0.25, 0.3) is 0 Å². The predicted molar refractivity (Wildman–Crippen MR) is 86.5 cm³/mol. The van der Waals surface area contributed by atoms with E-state index in [4.69, 9.17) is 16.3 Å². The number of hydrogen-bond acceptors (Lipinski definition) is 2. The van der Waals surface area contributed by atoms with E-state index < -0.39 is 0 Å². The van der Waals surface area contributed by atoms with E-state index >= 15 is 0 Å². The second kappa shape index (κ2) is 6.77. The molecule has 0 atom stereocenters. The molecule has 0 aromatic heterocycles. The molecular formula is C18H19ClO2.